The van der Waals surface area contributed by atoms with Crippen LogP contribution in [-0.4, -0.2) is 61.9 Å². The lowest BCUT2D eigenvalue weighted by atomic mass is 10.0. The van der Waals surface area contributed by atoms with Crippen molar-refractivity contribution >= 4 is 29.1 Å². The van der Waals surface area contributed by atoms with E-state index in [0.717, 1.165) is 56.2 Å². The zero-order valence-electron chi connectivity index (χ0n) is 17.4. The van der Waals surface area contributed by atoms with Crippen molar-refractivity contribution in [3.05, 3.63) is 35.5 Å². The molecule has 31 heavy (non-hydrogen) atoms. The first-order valence-corrected chi connectivity index (χ1v) is 11.1. The highest BCUT2D eigenvalue weighted by Crippen LogP contribution is 2.29. The molecule has 2 saturated heterocycles. The molecule has 1 amide bonds. The lowest BCUT2D eigenvalue weighted by molar-refractivity contribution is -0.121. The summed E-state index contributed by atoms with van der Waals surface area (Å²) in [6.45, 7) is 4.84. The summed E-state index contributed by atoms with van der Waals surface area (Å²) in [4.78, 5) is 21.6. The Morgan fingerprint density at radius 1 is 1.19 bits per heavy atom. The Morgan fingerprint density at radius 2 is 2.06 bits per heavy atom. The van der Waals surface area contributed by atoms with Crippen molar-refractivity contribution in [3.63, 3.8) is 0 Å². The number of pyridine rings is 2. The van der Waals surface area contributed by atoms with Gasteiger partial charge in [0.1, 0.15) is 11.6 Å². The first-order valence-electron chi connectivity index (χ1n) is 10.7. The summed E-state index contributed by atoms with van der Waals surface area (Å²) in [5.41, 5.74) is 1.44. The van der Waals surface area contributed by atoms with Crippen molar-refractivity contribution in [1.82, 2.24) is 15.3 Å². The zero-order chi connectivity index (χ0) is 21.5. The van der Waals surface area contributed by atoms with Crippen LogP contribution in [0, 0.1) is 11.8 Å². The maximum absolute atomic E-state index is 12.6. The van der Waals surface area contributed by atoms with E-state index in [1.165, 1.54) is 6.20 Å². The molecule has 1 atom stereocenters. The third-order valence-electron chi connectivity index (χ3n) is 5.55. The van der Waals surface area contributed by atoms with Crippen LogP contribution in [0.25, 0.3) is 11.3 Å². The minimum Gasteiger partial charge on any atom is -0.381 e. The Balaban J connectivity index is 1.44. The van der Waals surface area contributed by atoms with Gasteiger partial charge in [-0.05, 0) is 37.0 Å². The fourth-order valence-corrected chi connectivity index (χ4v) is 3.89. The molecule has 2 aromatic rings. The third kappa shape index (κ3) is 6.13. The van der Waals surface area contributed by atoms with E-state index in [1.54, 1.807) is 6.07 Å². The average molecular weight is 446 g/mol. The van der Waals surface area contributed by atoms with Gasteiger partial charge < -0.3 is 25.4 Å². The average Bonchev–Trinajstić information content (AvgIpc) is 3.10. The molecule has 1 unspecified atom stereocenters. The maximum Gasteiger partial charge on any atom is 0.232 e. The van der Waals surface area contributed by atoms with Gasteiger partial charge in [-0.1, -0.05) is 17.7 Å². The molecule has 2 aliphatic rings. The number of carbonyl (C=O) groups excluding carboxylic acids is 1. The van der Waals surface area contributed by atoms with Gasteiger partial charge in [0.25, 0.3) is 0 Å². The van der Waals surface area contributed by atoms with Crippen molar-refractivity contribution in [2.75, 3.05) is 56.7 Å². The van der Waals surface area contributed by atoms with E-state index in [1.807, 2.05) is 18.2 Å². The summed E-state index contributed by atoms with van der Waals surface area (Å²) in [6, 6.07) is 7.54. The second kappa shape index (κ2) is 10.9. The number of anilines is 2. The van der Waals surface area contributed by atoms with Crippen molar-refractivity contribution < 1.29 is 14.3 Å². The van der Waals surface area contributed by atoms with Crippen LogP contribution in [0.3, 0.4) is 0 Å². The predicted octanol–water partition coefficient (Wildman–Crippen LogP) is 2.81. The molecule has 166 valence electrons. The van der Waals surface area contributed by atoms with E-state index in [2.05, 4.69) is 20.9 Å². The van der Waals surface area contributed by atoms with Gasteiger partial charge >= 0.3 is 0 Å². The van der Waals surface area contributed by atoms with E-state index in [9.17, 15) is 4.79 Å². The van der Waals surface area contributed by atoms with Crippen LogP contribution < -0.4 is 16.0 Å². The van der Waals surface area contributed by atoms with Gasteiger partial charge in [-0.2, -0.15) is 0 Å². The van der Waals surface area contributed by atoms with E-state index in [0.29, 0.717) is 36.5 Å². The summed E-state index contributed by atoms with van der Waals surface area (Å²) in [5, 5.41) is 9.98. The van der Waals surface area contributed by atoms with E-state index in [-0.39, 0.29) is 11.8 Å². The van der Waals surface area contributed by atoms with E-state index in [4.69, 9.17) is 26.1 Å². The molecule has 0 saturated carbocycles. The second-order valence-corrected chi connectivity index (χ2v) is 8.27. The highest BCUT2D eigenvalue weighted by atomic mass is 35.5. The Hall–Kier alpha value is -2.26. The summed E-state index contributed by atoms with van der Waals surface area (Å²) in [7, 11) is 0. The fraction of sp³-hybridized carbons (Fsp3) is 0.500. The number of hydrogen-bond acceptors (Lipinski definition) is 7. The number of nitrogens with zero attached hydrogens (tertiary/aromatic N) is 2. The van der Waals surface area contributed by atoms with Crippen LogP contribution in [0.1, 0.15) is 12.8 Å². The Morgan fingerprint density at radius 3 is 2.94 bits per heavy atom. The lowest BCUT2D eigenvalue weighted by Crippen LogP contribution is -2.33. The van der Waals surface area contributed by atoms with Gasteiger partial charge in [0.2, 0.25) is 5.91 Å². The van der Waals surface area contributed by atoms with Crippen molar-refractivity contribution in [1.29, 1.82) is 0 Å². The number of aromatic nitrogens is 2. The topological polar surface area (TPSA) is 97.4 Å². The van der Waals surface area contributed by atoms with Gasteiger partial charge in [-0.3, -0.25) is 4.79 Å². The molecule has 2 aromatic heterocycles. The number of nitrogens with one attached hydrogen (secondary N) is 3. The van der Waals surface area contributed by atoms with Gasteiger partial charge in [-0.15, -0.1) is 0 Å². The van der Waals surface area contributed by atoms with Crippen LogP contribution >= 0.6 is 11.6 Å². The number of rotatable bonds is 6. The first kappa shape index (κ1) is 22.0. The Labute approximate surface area is 187 Å². The molecule has 8 nitrogen and oxygen atoms in total. The zero-order valence-corrected chi connectivity index (χ0v) is 18.2. The minimum absolute atomic E-state index is 0.130. The van der Waals surface area contributed by atoms with Crippen LogP contribution in [0.2, 0.25) is 5.02 Å². The van der Waals surface area contributed by atoms with Crippen molar-refractivity contribution in [2.24, 2.45) is 11.8 Å². The van der Waals surface area contributed by atoms with Crippen LogP contribution in [0.4, 0.5) is 11.6 Å². The Bertz CT molecular complexity index is 883. The van der Waals surface area contributed by atoms with Gasteiger partial charge in [0.05, 0.1) is 29.8 Å². The molecule has 0 aliphatic carbocycles. The highest BCUT2D eigenvalue weighted by Gasteiger charge is 2.21. The quantitative estimate of drug-likeness (QED) is 0.629. The summed E-state index contributed by atoms with van der Waals surface area (Å²) in [5.74, 6) is 1.43. The predicted molar refractivity (Wildman–Crippen MR) is 120 cm³/mol. The number of carbonyl (C=O) groups is 1. The fourth-order valence-electron chi connectivity index (χ4n) is 3.69. The molecule has 2 fully saturated rings. The molecule has 0 aromatic carbocycles. The number of ether oxygens (including phenoxy) is 2. The molecule has 2 aliphatic heterocycles. The second-order valence-electron chi connectivity index (χ2n) is 7.86. The lowest BCUT2D eigenvalue weighted by Gasteiger charge is -2.22. The molecule has 0 bridgehead atoms. The van der Waals surface area contributed by atoms with Crippen molar-refractivity contribution in [2.45, 2.75) is 12.8 Å². The summed E-state index contributed by atoms with van der Waals surface area (Å²) in [6.07, 6.45) is 3.67. The number of halogens is 1. The highest BCUT2D eigenvalue weighted by molar-refractivity contribution is 6.33. The summed E-state index contributed by atoms with van der Waals surface area (Å²) < 4.78 is 10.9. The van der Waals surface area contributed by atoms with Crippen LogP contribution in [0.5, 0.6) is 0 Å². The van der Waals surface area contributed by atoms with Crippen LogP contribution in [-0.2, 0) is 14.3 Å². The first-order chi connectivity index (χ1) is 15.2. The molecule has 0 spiro atoms. The number of amides is 1. The monoisotopic (exact) mass is 445 g/mol. The molecule has 4 rings (SSSR count). The van der Waals surface area contributed by atoms with Gasteiger partial charge in [-0.25, -0.2) is 9.97 Å². The SMILES string of the molecule is O=C(Nc1cc(-c2cccc(NCC3CCOCC3)n2)c(Cl)cn1)C1CNCCOC1. The molecule has 9 heteroatoms. The van der Waals surface area contributed by atoms with Crippen molar-refractivity contribution in [3.8, 4) is 11.3 Å². The largest absolute Gasteiger partial charge is 0.381 e. The molecule has 0 radical (unpaired) electrons. The summed E-state index contributed by atoms with van der Waals surface area (Å²) >= 11 is 6.41. The van der Waals surface area contributed by atoms with Gasteiger partial charge in [0.15, 0.2) is 0 Å². The molecule has 4 heterocycles. The van der Waals surface area contributed by atoms with E-state index < -0.39 is 0 Å². The third-order valence-corrected chi connectivity index (χ3v) is 5.85. The normalized spacial score (nSPS) is 20.1. The number of hydrogen-bond donors (Lipinski definition) is 3. The molecule has 3 N–H and O–H groups in total. The van der Waals surface area contributed by atoms with Gasteiger partial charge in [0, 0.05) is 44.6 Å². The van der Waals surface area contributed by atoms with Crippen LogP contribution in [0.15, 0.2) is 30.5 Å². The smallest absolute Gasteiger partial charge is 0.232 e. The Kier molecular flexibility index (Phi) is 7.69. The standard InChI is InChI=1S/C22H28ClN5O3/c23-18-13-26-21(28-22(29)16-12-24-6-9-31-14-16)10-17(18)19-2-1-3-20(27-19)25-11-15-4-7-30-8-5-15/h1-3,10,13,15-16,24H,4-9,11-12,14H2,(H,25,27)(H,26,28,29). The molecular formula is C22H28ClN5O3. The maximum atomic E-state index is 12.6. The minimum atomic E-state index is -0.265. The van der Waals surface area contributed by atoms with E-state index >= 15 is 0 Å². The molecular weight excluding hydrogens is 418 g/mol.